The average molecular weight is 348 g/mol. The van der Waals surface area contributed by atoms with E-state index in [0.717, 1.165) is 11.1 Å². The largest absolute Gasteiger partial charge is 0.478 e. The summed E-state index contributed by atoms with van der Waals surface area (Å²) in [7, 11) is 0. The van der Waals surface area contributed by atoms with Gasteiger partial charge in [0.1, 0.15) is 0 Å². The molecule has 5 heteroatoms. The third-order valence-electron chi connectivity index (χ3n) is 3.10. The van der Waals surface area contributed by atoms with E-state index in [1.807, 2.05) is 31.2 Å². The molecule has 0 aliphatic carbocycles. The minimum Gasteiger partial charge on any atom is -0.478 e. The van der Waals surface area contributed by atoms with Gasteiger partial charge in [0.2, 0.25) is 5.91 Å². The first-order valence-electron chi connectivity index (χ1n) is 6.34. The van der Waals surface area contributed by atoms with Crippen LogP contribution in [0.4, 0.5) is 5.69 Å². The van der Waals surface area contributed by atoms with Crippen molar-refractivity contribution in [3.05, 3.63) is 63.6 Å². The van der Waals surface area contributed by atoms with Crippen LogP contribution in [-0.4, -0.2) is 17.0 Å². The Morgan fingerprint density at radius 3 is 2.52 bits per heavy atom. The Balaban J connectivity index is 2.08. The molecule has 108 valence electrons. The van der Waals surface area contributed by atoms with E-state index in [4.69, 9.17) is 5.11 Å². The van der Waals surface area contributed by atoms with Crippen molar-refractivity contribution in [2.24, 2.45) is 0 Å². The molecule has 0 aliphatic rings. The highest BCUT2D eigenvalue weighted by atomic mass is 79.9. The fraction of sp³-hybridized carbons (Fsp3) is 0.125. The molecule has 0 heterocycles. The van der Waals surface area contributed by atoms with E-state index in [-0.39, 0.29) is 17.9 Å². The Bertz CT molecular complexity index is 698. The zero-order chi connectivity index (χ0) is 15.4. The van der Waals surface area contributed by atoms with Crippen LogP contribution in [0, 0.1) is 6.92 Å². The summed E-state index contributed by atoms with van der Waals surface area (Å²) in [5, 5.41) is 11.7. The standard InChI is InChI=1S/C16H14BrNO3/c1-10-4-2-3-5-11(10)8-15(19)18-12-6-7-13(16(20)21)14(17)9-12/h2-7,9H,8H2,1H3,(H,18,19)(H,20,21). The van der Waals surface area contributed by atoms with Crippen LogP contribution in [0.1, 0.15) is 21.5 Å². The first kappa shape index (κ1) is 15.3. The van der Waals surface area contributed by atoms with E-state index in [9.17, 15) is 9.59 Å². The van der Waals surface area contributed by atoms with E-state index in [1.54, 1.807) is 12.1 Å². The second-order valence-corrected chi connectivity index (χ2v) is 5.51. The molecule has 0 saturated heterocycles. The van der Waals surface area contributed by atoms with E-state index < -0.39 is 5.97 Å². The summed E-state index contributed by atoms with van der Waals surface area (Å²) in [4.78, 5) is 22.9. The molecular weight excluding hydrogens is 334 g/mol. The highest BCUT2D eigenvalue weighted by Gasteiger charge is 2.10. The molecule has 4 nitrogen and oxygen atoms in total. The maximum atomic E-state index is 12.0. The number of rotatable bonds is 4. The smallest absolute Gasteiger partial charge is 0.336 e. The molecule has 0 aromatic heterocycles. The number of carboxylic acid groups (broad SMARTS) is 1. The maximum absolute atomic E-state index is 12.0. The number of benzene rings is 2. The lowest BCUT2D eigenvalue weighted by atomic mass is 10.1. The van der Waals surface area contributed by atoms with Crippen LogP contribution in [0.15, 0.2) is 46.9 Å². The Kier molecular flexibility index (Phi) is 4.75. The maximum Gasteiger partial charge on any atom is 0.336 e. The van der Waals surface area contributed by atoms with Gasteiger partial charge < -0.3 is 10.4 Å². The number of nitrogens with one attached hydrogen (secondary N) is 1. The van der Waals surface area contributed by atoms with Crippen LogP contribution in [0.25, 0.3) is 0 Å². The number of hydrogen-bond acceptors (Lipinski definition) is 2. The predicted molar refractivity (Wildman–Crippen MR) is 84.6 cm³/mol. The third kappa shape index (κ3) is 3.92. The molecule has 0 fully saturated rings. The van der Waals surface area contributed by atoms with E-state index in [1.165, 1.54) is 6.07 Å². The van der Waals surface area contributed by atoms with Crippen molar-refractivity contribution in [2.75, 3.05) is 5.32 Å². The van der Waals surface area contributed by atoms with E-state index >= 15 is 0 Å². The summed E-state index contributed by atoms with van der Waals surface area (Å²) in [5.41, 5.74) is 2.75. The van der Waals surface area contributed by atoms with Gasteiger partial charge in [-0.25, -0.2) is 4.79 Å². The van der Waals surface area contributed by atoms with Gasteiger partial charge in [-0.2, -0.15) is 0 Å². The summed E-state index contributed by atoms with van der Waals surface area (Å²) in [6.45, 7) is 1.96. The SMILES string of the molecule is Cc1ccccc1CC(=O)Nc1ccc(C(=O)O)c(Br)c1. The molecule has 2 rings (SSSR count). The first-order valence-corrected chi connectivity index (χ1v) is 7.14. The fourth-order valence-corrected chi connectivity index (χ4v) is 2.50. The number of carbonyl (C=O) groups is 2. The van der Waals surface area contributed by atoms with Crippen LogP contribution in [0.3, 0.4) is 0 Å². The monoisotopic (exact) mass is 347 g/mol. The van der Waals surface area contributed by atoms with Crippen molar-refractivity contribution in [3.63, 3.8) is 0 Å². The van der Waals surface area contributed by atoms with Crippen LogP contribution in [0.2, 0.25) is 0 Å². The van der Waals surface area contributed by atoms with E-state index in [2.05, 4.69) is 21.2 Å². The number of hydrogen-bond donors (Lipinski definition) is 2. The highest BCUT2D eigenvalue weighted by molar-refractivity contribution is 9.10. The van der Waals surface area contributed by atoms with Gasteiger partial charge in [-0.1, -0.05) is 24.3 Å². The highest BCUT2D eigenvalue weighted by Crippen LogP contribution is 2.22. The Labute approximate surface area is 130 Å². The summed E-state index contributed by atoms with van der Waals surface area (Å²) in [6, 6.07) is 12.3. The minimum atomic E-state index is -1.01. The molecule has 0 spiro atoms. The molecular formula is C16H14BrNO3. The second-order valence-electron chi connectivity index (χ2n) is 4.65. The average Bonchev–Trinajstić information content (AvgIpc) is 2.41. The lowest BCUT2D eigenvalue weighted by molar-refractivity contribution is -0.115. The number of carbonyl (C=O) groups excluding carboxylic acids is 1. The van der Waals surface area contributed by atoms with Gasteiger partial charge in [-0.05, 0) is 52.2 Å². The lowest BCUT2D eigenvalue weighted by Crippen LogP contribution is -2.15. The van der Waals surface area contributed by atoms with Gasteiger partial charge in [-0.3, -0.25) is 4.79 Å². The number of carboxylic acids is 1. The predicted octanol–water partition coefficient (Wildman–Crippen LogP) is 3.64. The van der Waals surface area contributed by atoms with Crippen molar-refractivity contribution in [2.45, 2.75) is 13.3 Å². The molecule has 0 radical (unpaired) electrons. The number of amides is 1. The molecule has 0 saturated carbocycles. The van der Waals surface area contributed by atoms with Gasteiger partial charge in [-0.15, -0.1) is 0 Å². The summed E-state index contributed by atoms with van der Waals surface area (Å²) >= 11 is 3.18. The second kappa shape index (κ2) is 6.54. The number of aromatic carboxylic acids is 1. The van der Waals surface area contributed by atoms with Crippen molar-refractivity contribution < 1.29 is 14.7 Å². The molecule has 0 aliphatic heterocycles. The van der Waals surface area contributed by atoms with Gasteiger partial charge >= 0.3 is 5.97 Å². The van der Waals surface area contributed by atoms with Crippen molar-refractivity contribution >= 4 is 33.5 Å². The summed E-state index contributed by atoms with van der Waals surface area (Å²) < 4.78 is 0.434. The van der Waals surface area contributed by atoms with Crippen molar-refractivity contribution in [1.82, 2.24) is 0 Å². The van der Waals surface area contributed by atoms with Gasteiger partial charge in [0.15, 0.2) is 0 Å². The lowest BCUT2D eigenvalue weighted by Gasteiger charge is -2.08. The van der Waals surface area contributed by atoms with E-state index in [0.29, 0.717) is 10.2 Å². The van der Waals surface area contributed by atoms with Crippen LogP contribution in [-0.2, 0) is 11.2 Å². The molecule has 1 amide bonds. The fourth-order valence-electron chi connectivity index (χ4n) is 1.95. The summed E-state index contributed by atoms with van der Waals surface area (Å²) in [6.07, 6.45) is 0.283. The normalized spacial score (nSPS) is 10.2. The molecule has 0 atom stereocenters. The Morgan fingerprint density at radius 2 is 1.90 bits per heavy atom. The quantitative estimate of drug-likeness (QED) is 0.887. The Morgan fingerprint density at radius 1 is 1.19 bits per heavy atom. The van der Waals surface area contributed by atoms with Crippen LogP contribution >= 0.6 is 15.9 Å². The third-order valence-corrected chi connectivity index (χ3v) is 3.75. The van der Waals surface area contributed by atoms with Gasteiger partial charge in [0.25, 0.3) is 0 Å². The number of aryl methyl sites for hydroxylation is 1. The summed E-state index contributed by atoms with van der Waals surface area (Å²) in [5.74, 6) is -1.15. The molecule has 0 unspecified atom stereocenters. The number of halogens is 1. The van der Waals surface area contributed by atoms with Gasteiger partial charge in [0, 0.05) is 10.2 Å². The number of anilines is 1. The zero-order valence-corrected chi connectivity index (χ0v) is 13.0. The van der Waals surface area contributed by atoms with Crippen LogP contribution in [0.5, 0.6) is 0 Å². The molecule has 21 heavy (non-hydrogen) atoms. The molecule has 2 aromatic rings. The topological polar surface area (TPSA) is 66.4 Å². The minimum absolute atomic E-state index is 0.140. The molecule has 2 aromatic carbocycles. The molecule has 2 N–H and O–H groups in total. The first-order chi connectivity index (χ1) is 9.97. The van der Waals surface area contributed by atoms with Crippen molar-refractivity contribution in [1.29, 1.82) is 0 Å². The molecule has 0 bridgehead atoms. The van der Waals surface area contributed by atoms with Crippen molar-refractivity contribution in [3.8, 4) is 0 Å². The van der Waals surface area contributed by atoms with Crippen LogP contribution < -0.4 is 5.32 Å². The van der Waals surface area contributed by atoms with Gasteiger partial charge in [0.05, 0.1) is 12.0 Å². The Hall–Kier alpha value is -2.14. The zero-order valence-electron chi connectivity index (χ0n) is 11.4.